The van der Waals surface area contributed by atoms with Crippen LogP contribution in [0.1, 0.15) is 18.4 Å². The number of hydrogen-bond acceptors (Lipinski definition) is 3. The Morgan fingerprint density at radius 3 is 2.90 bits per heavy atom. The van der Waals surface area contributed by atoms with Gasteiger partial charge in [0, 0.05) is 10.8 Å². The van der Waals surface area contributed by atoms with Crippen molar-refractivity contribution in [3.05, 3.63) is 35.9 Å². The summed E-state index contributed by atoms with van der Waals surface area (Å²) in [6, 6.07) is 9.89. The summed E-state index contributed by atoms with van der Waals surface area (Å²) < 4.78 is 5.35. The maximum Gasteiger partial charge on any atom is 0.126 e. The summed E-state index contributed by atoms with van der Waals surface area (Å²) in [6.45, 7) is 2.17. The van der Waals surface area contributed by atoms with Gasteiger partial charge in [0.25, 0.3) is 0 Å². The van der Waals surface area contributed by atoms with Crippen LogP contribution in [0, 0.1) is 5.92 Å². The molecular weight excluding hydrogens is 250 g/mol. The van der Waals surface area contributed by atoms with Crippen molar-refractivity contribution < 1.29 is 9.84 Å². The second kappa shape index (κ2) is 5.71. The van der Waals surface area contributed by atoms with Crippen LogP contribution in [-0.4, -0.2) is 25.3 Å². The molecule has 20 heavy (non-hydrogen) atoms. The summed E-state index contributed by atoms with van der Waals surface area (Å²) in [7, 11) is 1.66. The molecule has 2 aromatic carbocycles. The van der Waals surface area contributed by atoms with E-state index in [1.807, 2.05) is 24.3 Å². The second-order valence-corrected chi connectivity index (χ2v) is 5.55. The standard InChI is InChI=1S/C17H21NO2/c1-20-16-6-2-5-15-14(16)8-7-13(17(15)19)10-12-4-3-9-18-11-12/h2,5-8,12,18-19H,3-4,9-11H2,1H3. The Hall–Kier alpha value is -1.74. The lowest BCUT2D eigenvalue weighted by molar-refractivity contribution is 0.370. The molecule has 1 atom stereocenters. The first-order valence-electron chi connectivity index (χ1n) is 7.28. The van der Waals surface area contributed by atoms with Gasteiger partial charge in [-0.1, -0.05) is 24.3 Å². The third kappa shape index (κ3) is 2.46. The number of ether oxygens (including phenoxy) is 1. The molecule has 1 saturated heterocycles. The Kier molecular flexibility index (Phi) is 3.79. The van der Waals surface area contributed by atoms with Gasteiger partial charge in [0.15, 0.2) is 0 Å². The molecule has 106 valence electrons. The van der Waals surface area contributed by atoms with Gasteiger partial charge in [-0.2, -0.15) is 0 Å². The Labute approximate surface area is 119 Å². The maximum absolute atomic E-state index is 10.5. The summed E-state index contributed by atoms with van der Waals surface area (Å²) >= 11 is 0. The average Bonchev–Trinajstić information content (AvgIpc) is 2.51. The van der Waals surface area contributed by atoms with E-state index in [0.29, 0.717) is 11.7 Å². The molecule has 0 spiro atoms. The molecule has 3 rings (SSSR count). The summed E-state index contributed by atoms with van der Waals surface area (Å²) in [5.74, 6) is 1.84. The van der Waals surface area contributed by atoms with Crippen molar-refractivity contribution in [2.24, 2.45) is 5.92 Å². The molecule has 0 radical (unpaired) electrons. The van der Waals surface area contributed by atoms with Crippen molar-refractivity contribution in [1.29, 1.82) is 0 Å². The van der Waals surface area contributed by atoms with Crippen molar-refractivity contribution in [2.75, 3.05) is 20.2 Å². The number of phenols is 1. The molecule has 1 unspecified atom stereocenters. The number of nitrogens with one attached hydrogen (secondary N) is 1. The van der Waals surface area contributed by atoms with Gasteiger partial charge in [0.05, 0.1) is 7.11 Å². The first kappa shape index (κ1) is 13.3. The van der Waals surface area contributed by atoms with Crippen molar-refractivity contribution in [2.45, 2.75) is 19.3 Å². The van der Waals surface area contributed by atoms with Gasteiger partial charge in [0.1, 0.15) is 11.5 Å². The van der Waals surface area contributed by atoms with Crippen molar-refractivity contribution in [3.63, 3.8) is 0 Å². The van der Waals surface area contributed by atoms with Crippen LogP contribution in [0.3, 0.4) is 0 Å². The van der Waals surface area contributed by atoms with Gasteiger partial charge in [0.2, 0.25) is 0 Å². The molecule has 0 saturated carbocycles. The van der Waals surface area contributed by atoms with Gasteiger partial charge in [-0.05, 0) is 49.9 Å². The lowest BCUT2D eigenvalue weighted by Crippen LogP contribution is -2.30. The van der Waals surface area contributed by atoms with E-state index in [2.05, 4.69) is 11.4 Å². The van der Waals surface area contributed by atoms with E-state index in [9.17, 15) is 5.11 Å². The average molecular weight is 271 g/mol. The highest BCUT2D eigenvalue weighted by Gasteiger charge is 2.17. The van der Waals surface area contributed by atoms with E-state index >= 15 is 0 Å². The third-order valence-corrected chi connectivity index (χ3v) is 4.20. The number of piperidine rings is 1. The van der Waals surface area contributed by atoms with E-state index in [1.54, 1.807) is 7.11 Å². The maximum atomic E-state index is 10.5. The smallest absolute Gasteiger partial charge is 0.126 e. The van der Waals surface area contributed by atoms with Crippen molar-refractivity contribution in [1.82, 2.24) is 5.32 Å². The van der Waals surface area contributed by atoms with E-state index in [0.717, 1.165) is 41.6 Å². The van der Waals surface area contributed by atoms with Gasteiger partial charge >= 0.3 is 0 Å². The molecule has 1 fully saturated rings. The van der Waals surface area contributed by atoms with Gasteiger partial charge < -0.3 is 15.2 Å². The Morgan fingerprint density at radius 2 is 2.15 bits per heavy atom. The fourth-order valence-electron chi connectivity index (χ4n) is 3.11. The zero-order valence-electron chi connectivity index (χ0n) is 11.9. The Bertz CT molecular complexity index is 603. The molecule has 0 aromatic heterocycles. The summed E-state index contributed by atoms with van der Waals surface area (Å²) in [5, 5.41) is 15.8. The largest absolute Gasteiger partial charge is 0.507 e. The fourth-order valence-corrected chi connectivity index (χ4v) is 3.11. The lowest BCUT2D eigenvalue weighted by Gasteiger charge is -2.23. The first-order valence-corrected chi connectivity index (χ1v) is 7.28. The molecule has 0 aliphatic carbocycles. The molecule has 2 aromatic rings. The number of benzene rings is 2. The van der Waals surface area contributed by atoms with Gasteiger partial charge in [-0.15, -0.1) is 0 Å². The number of rotatable bonds is 3. The molecule has 0 bridgehead atoms. The van der Waals surface area contributed by atoms with Crippen LogP contribution in [0.15, 0.2) is 30.3 Å². The van der Waals surface area contributed by atoms with E-state index in [-0.39, 0.29) is 0 Å². The van der Waals surface area contributed by atoms with Crippen LogP contribution in [0.5, 0.6) is 11.5 Å². The van der Waals surface area contributed by atoms with E-state index in [4.69, 9.17) is 4.74 Å². The summed E-state index contributed by atoms with van der Waals surface area (Å²) in [6.07, 6.45) is 3.40. The number of methoxy groups -OCH3 is 1. The number of phenolic OH excluding ortho intramolecular Hbond substituents is 1. The molecule has 0 amide bonds. The predicted molar refractivity (Wildman–Crippen MR) is 81.5 cm³/mol. The minimum Gasteiger partial charge on any atom is -0.507 e. The summed E-state index contributed by atoms with van der Waals surface area (Å²) in [5.41, 5.74) is 1.04. The number of aromatic hydroxyl groups is 1. The van der Waals surface area contributed by atoms with Crippen molar-refractivity contribution in [3.8, 4) is 11.5 Å². The van der Waals surface area contributed by atoms with Gasteiger partial charge in [-0.25, -0.2) is 0 Å². The Morgan fingerprint density at radius 1 is 1.25 bits per heavy atom. The number of hydrogen-bond donors (Lipinski definition) is 2. The molecule has 3 nitrogen and oxygen atoms in total. The lowest BCUT2D eigenvalue weighted by atomic mass is 9.91. The molecule has 1 heterocycles. The topological polar surface area (TPSA) is 41.5 Å². The van der Waals surface area contributed by atoms with Crippen LogP contribution in [0.4, 0.5) is 0 Å². The zero-order valence-corrected chi connectivity index (χ0v) is 11.9. The Balaban J connectivity index is 1.94. The van der Waals surface area contributed by atoms with Crippen LogP contribution >= 0.6 is 0 Å². The van der Waals surface area contributed by atoms with Gasteiger partial charge in [-0.3, -0.25) is 0 Å². The predicted octanol–water partition coefficient (Wildman–Crippen LogP) is 3.10. The SMILES string of the molecule is COc1cccc2c(O)c(CC3CCCNC3)ccc12. The minimum absolute atomic E-state index is 0.409. The fraction of sp³-hybridized carbons (Fsp3) is 0.412. The van der Waals surface area contributed by atoms with E-state index < -0.39 is 0 Å². The molecule has 2 N–H and O–H groups in total. The highest BCUT2D eigenvalue weighted by molar-refractivity contribution is 5.93. The highest BCUT2D eigenvalue weighted by atomic mass is 16.5. The second-order valence-electron chi connectivity index (χ2n) is 5.55. The molecule has 3 heteroatoms. The van der Waals surface area contributed by atoms with Crippen LogP contribution in [0.2, 0.25) is 0 Å². The monoisotopic (exact) mass is 271 g/mol. The zero-order chi connectivity index (χ0) is 13.9. The molecule has 1 aliphatic heterocycles. The van der Waals surface area contributed by atoms with Crippen LogP contribution < -0.4 is 10.1 Å². The minimum atomic E-state index is 0.409. The quantitative estimate of drug-likeness (QED) is 0.901. The summed E-state index contributed by atoms with van der Waals surface area (Å²) in [4.78, 5) is 0. The van der Waals surface area contributed by atoms with Crippen molar-refractivity contribution >= 4 is 10.8 Å². The van der Waals surface area contributed by atoms with E-state index in [1.165, 1.54) is 12.8 Å². The molecular formula is C17H21NO2. The normalized spacial score (nSPS) is 19.1. The molecule has 1 aliphatic rings. The van der Waals surface area contributed by atoms with Crippen LogP contribution in [-0.2, 0) is 6.42 Å². The van der Waals surface area contributed by atoms with Crippen LogP contribution in [0.25, 0.3) is 10.8 Å². The first-order chi connectivity index (χ1) is 9.79. The number of fused-ring (bicyclic) bond motifs is 1. The highest BCUT2D eigenvalue weighted by Crippen LogP contribution is 2.35. The third-order valence-electron chi connectivity index (χ3n) is 4.20.